The van der Waals surface area contributed by atoms with Crippen LogP contribution in [0.5, 0.6) is 0 Å². The predicted octanol–water partition coefficient (Wildman–Crippen LogP) is 3.40. The van der Waals surface area contributed by atoms with Gasteiger partial charge in [-0.2, -0.15) is 0 Å². The molecule has 1 rings (SSSR count). The van der Waals surface area contributed by atoms with Crippen molar-refractivity contribution >= 4 is 23.2 Å². The van der Waals surface area contributed by atoms with E-state index in [4.69, 9.17) is 28.9 Å². The molecule has 86 valence electrons. The number of halogens is 2. The minimum absolute atomic E-state index is 0.140. The van der Waals surface area contributed by atoms with E-state index in [0.717, 1.165) is 0 Å². The van der Waals surface area contributed by atoms with Crippen LogP contribution in [0.3, 0.4) is 0 Å². The van der Waals surface area contributed by atoms with Crippen LogP contribution in [0.2, 0.25) is 0 Å². The van der Waals surface area contributed by atoms with Gasteiger partial charge in [-0.1, -0.05) is 29.3 Å². The highest BCUT2D eigenvalue weighted by molar-refractivity contribution is 6.36. The first-order valence-corrected chi connectivity index (χ1v) is 5.18. The van der Waals surface area contributed by atoms with E-state index in [1.54, 1.807) is 6.08 Å². The van der Waals surface area contributed by atoms with E-state index in [1.807, 2.05) is 0 Å². The van der Waals surface area contributed by atoms with E-state index >= 15 is 0 Å². The first-order valence-electron chi connectivity index (χ1n) is 4.42. The molecule has 6 heteroatoms. The Bertz CT molecular complexity index is 448. The summed E-state index contributed by atoms with van der Waals surface area (Å²) in [5, 5.41) is 13.2. The largest absolute Gasteiger partial charge is 0.507 e. The van der Waals surface area contributed by atoms with Gasteiger partial charge in [-0.05, 0) is 24.6 Å². The zero-order valence-corrected chi connectivity index (χ0v) is 10.0. The molecule has 0 aromatic heterocycles. The Morgan fingerprint density at radius 3 is 2.69 bits per heavy atom. The molecule has 0 aromatic rings. The van der Waals surface area contributed by atoms with Crippen LogP contribution in [0.15, 0.2) is 50.1 Å². The molecule has 1 aliphatic rings. The van der Waals surface area contributed by atoms with Crippen molar-refractivity contribution < 1.29 is 5.11 Å². The standard InChI is InChI=1S/C10H10Cl2N2O2/c1-5(10(13)14-16)9(15)7-3-2-6(11)4-8(7)12/h2,4,15H,3,13H2,1H3/b9-7-,10-5+. The molecule has 0 atom stereocenters. The van der Waals surface area contributed by atoms with E-state index in [2.05, 4.69) is 5.18 Å². The second-order valence-electron chi connectivity index (χ2n) is 3.21. The van der Waals surface area contributed by atoms with Gasteiger partial charge in [0.1, 0.15) is 5.76 Å². The summed E-state index contributed by atoms with van der Waals surface area (Å²) in [6.07, 6.45) is 3.58. The van der Waals surface area contributed by atoms with Crippen molar-refractivity contribution in [1.29, 1.82) is 0 Å². The van der Waals surface area contributed by atoms with Crippen molar-refractivity contribution in [2.75, 3.05) is 0 Å². The molecule has 0 bridgehead atoms. The zero-order valence-electron chi connectivity index (χ0n) is 8.50. The Labute approximate surface area is 103 Å². The molecule has 4 nitrogen and oxygen atoms in total. The number of aliphatic hydroxyl groups is 1. The average molecular weight is 261 g/mol. The number of nitroso groups, excluding NO2 is 1. The monoisotopic (exact) mass is 260 g/mol. The summed E-state index contributed by atoms with van der Waals surface area (Å²) in [5.41, 5.74) is 5.96. The predicted molar refractivity (Wildman–Crippen MR) is 64.8 cm³/mol. The summed E-state index contributed by atoms with van der Waals surface area (Å²) in [4.78, 5) is 10.2. The summed E-state index contributed by atoms with van der Waals surface area (Å²) >= 11 is 11.7. The highest BCUT2D eigenvalue weighted by atomic mass is 35.5. The summed E-state index contributed by atoms with van der Waals surface area (Å²) in [7, 11) is 0. The van der Waals surface area contributed by atoms with Crippen molar-refractivity contribution in [3.8, 4) is 0 Å². The van der Waals surface area contributed by atoms with Crippen molar-refractivity contribution in [2.24, 2.45) is 10.9 Å². The Morgan fingerprint density at radius 1 is 1.56 bits per heavy atom. The third-order valence-corrected chi connectivity index (χ3v) is 2.78. The molecular formula is C10H10Cl2N2O2. The number of rotatable bonds is 2. The fourth-order valence-corrected chi connectivity index (χ4v) is 1.72. The van der Waals surface area contributed by atoms with Gasteiger partial charge in [-0.15, -0.1) is 4.91 Å². The van der Waals surface area contributed by atoms with Crippen LogP contribution in [-0.4, -0.2) is 5.11 Å². The highest BCUT2D eigenvalue weighted by Crippen LogP contribution is 2.31. The molecule has 16 heavy (non-hydrogen) atoms. The van der Waals surface area contributed by atoms with Gasteiger partial charge in [-0.25, -0.2) is 0 Å². The molecule has 0 saturated carbocycles. The Balaban J connectivity index is 3.19. The SMILES string of the molecule is CC(/C(O)=C1\CC=C(Cl)C=C1Cl)=C(/N)N=O. The summed E-state index contributed by atoms with van der Waals surface area (Å²) in [6.45, 7) is 1.49. The fraction of sp³-hybridized carbons (Fsp3) is 0.200. The van der Waals surface area contributed by atoms with Crippen LogP contribution in [0.4, 0.5) is 0 Å². The molecule has 3 N–H and O–H groups in total. The number of hydrogen-bond donors (Lipinski definition) is 2. The van der Waals surface area contributed by atoms with Gasteiger partial charge < -0.3 is 10.8 Å². The van der Waals surface area contributed by atoms with Crippen LogP contribution in [0.1, 0.15) is 13.3 Å². The van der Waals surface area contributed by atoms with Crippen LogP contribution >= 0.6 is 23.2 Å². The summed E-state index contributed by atoms with van der Waals surface area (Å²) < 4.78 is 0. The topological polar surface area (TPSA) is 75.7 Å². The molecule has 0 aliphatic heterocycles. The quantitative estimate of drug-likeness (QED) is 0.590. The van der Waals surface area contributed by atoms with Crippen LogP contribution in [0, 0.1) is 4.91 Å². The van der Waals surface area contributed by atoms with Gasteiger partial charge in [0.05, 0.1) is 0 Å². The normalized spacial score (nSPS) is 20.7. The van der Waals surface area contributed by atoms with E-state index in [9.17, 15) is 10.0 Å². The molecule has 0 spiro atoms. The molecule has 0 aromatic carbocycles. The average Bonchev–Trinajstić information content (AvgIpc) is 2.26. The van der Waals surface area contributed by atoms with Gasteiger partial charge in [0.2, 0.25) is 0 Å². The lowest BCUT2D eigenvalue weighted by Gasteiger charge is -2.12. The number of nitrogens with zero attached hydrogens (tertiary/aromatic N) is 1. The van der Waals surface area contributed by atoms with Crippen molar-refractivity contribution in [3.63, 3.8) is 0 Å². The third kappa shape index (κ3) is 2.65. The Kier molecular flexibility index (Phi) is 4.15. The van der Waals surface area contributed by atoms with Crippen LogP contribution in [0.25, 0.3) is 0 Å². The first kappa shape index (κ1) is 12.8. The molecular weight excluding hydrogens is 251 g/mol. The maximum atomic E-state index is 10.2. The smallest absolute Gasteiger partial charge is 0.174 e. The van der Waals surface area contributed by atoms with Crippen LogP contribution in [-0.2, 0) is 0 Å². The van der Waals surface area contributed by atoms with E-state index < -0.39 is 0 Å². The molecule has 0 unspecified atom stereocenters. The number of aliphatic hydroxyl groups excluding tert-OH is 1. The van der Waals surface area contributed by atoms with Gasteiger partial charge in [0.25, 0.3) is 0 Å². The van der Waals surface area contributed by atoms with Crippen molar-refractivity contribution in [1.82, 2.24) is 0 Å². The van der Waals surface area contributed by atoms with Crippen LogP contribution < -0.4 is 5.73 Å². The van der Waals surface area contributed by atoms with E-state index in [-0.39, 0.29) is 17.2 Å². The first-order chi connectivity index (χ1) is 7.47. The lowest BCUT2D eigenvalue weighted by Crippen LogP contribution is -2.03. The number of hydrogen-bond acceptors (Lipinski definition) is 4. The molecule has 0 heterocycles. The molecule has 1 aliphatic carbocycles. The third-order valence-electron chi connectivity index (χ3n) is 2.18. The second-order valence-corrected chi connectivity index (χ2v) is 4.06. The fourth-order valence-electron chi connectivity index (χ4n) is 1.19. The lowest BCUT2D eigenvalue weighted by atomic mass is 10.0. The second kappa shape index (κ2) is 5.18. The highest BCUT2D eigenvalue weighted by Gasteiger charge is 2.16. The lowest BCUT2D eigenvalue weighted by molar-refractivity contribution is 0.415. The van der Waals surface area contributed by atoms with Gasteiger partial charge in [0, 0.05) is 21.2 Å². The maximum Gasteiger partial charge on any atom is 0.174 e. The van der Waals surface area contributed by atoms with E-state index in [0.29, 0.717) is 22.1 Å². The molecule has 0 radical (unpaired) electrons. The molecule has 0 saturated heterocycles. The van der Waals surface area contributed by atoms with E-state index in [1.165, 1.54) is 13.0 Å². The minimum atomic E-state index is -0.268. The number of nitrogens with two attached hydrogens (primary N) is 1. The Morgan fingerprint density at radius 2 is 2.19 bits per heavy atom. The summed E-state index contributed by atoms with van der Waals surface area (Å²) in [6, 6.07) is 0. The molecule has 0 amide bonds. The van der Waals surface area contributed by atoms with Crippen molar-refractivity contribution in [2.45, 2.75) is 13.3 Å². The maximum absolute atomic E-state index is 10.2. The van der Waals surface area contributed by atoms with Crippen molar-refractivity contribution in [3.05, 3.63) is 49.9 Å². The number of allylic oxidation sites excluding steroid dienone is 6. The van der Waals surface area contributed by atoms with Gasteiger partial charge in [-0.3, -0.25) is 0 Å². The van der Waals surface area contributed by atoms with Gasteiger partial charge >= 0.3 is 0 Å². The summed E-state index contributed by atoms with van der Waals surface area (Å²) in [5.74, 6) is -0.408. The van der Waals surface area contributed by atoms with Gasteiger partial charge in [0.15, 0.2) is 5.82 Å². The molecule has 0 fully saturated rings. The minimum Gasteiger partial charge on any atom is -0.507 e. The zero-order chi connectivity index (χ0) is 12.3. The Hall–Kier alpha value is -1.26.